The highest BCUT2D eigenvalue weighted by Gasteiger charge is 2.19. The molecule has 1 heterocycles. The second-order valence-electron chi connectivity index (χ2n) is 5.47. The molecular weight excluding hydrogens is 378 g/mol. The minimum Gasteiger partial charge on any atom is -0.497 e. The fraction of sp³-hybridized carbons (Fsp3) is 0.150. The first kappa shape index (κ1) is 19.1. The first-order valence-corrected chi connectivity index (χ1v) is 10.4. The lowest BCUT2D eigenvalue weighted by Gasteiger charge is -2.15. The molecule has 7 heteroatoms. The standard InChI is InChI=1S/C20H17N3O2S2/c1-21-17-19(27-4)22-18(13-5-11-16(26-3)12-6-13)23(20(17)24)14-7-9-15(25-2)10-8-14/h5-12H,2-4H3. The molecule has 3 aromatic rings. The minimum atomic E-state index is -0.376. The van der Waals surface area contributed by atoms with E-state index < -0.39 is 0 Å². The largest absolute Gasteiger partial charge is 0.497 e. The van der Waals surface area contributed by atoms with E-state index in [4.69, 9.17) is 11.3 Å². The van der Waals surface area contributed by atoms with Crippen molar-refractivity contribution < 1.29 is 4.74 Å². The van der Waals surface area contributed by atoms with Gasteiger partial charge in [0.2, 0.25) is 0 Å². The lowest BCUT2D eigenvalue weighted by molar-refractivity contribution is 0.414. The van der Waals surface area contributed by atoms with Gasteiger partial charge in [-0.2, -0.15) is 0 Å². The average Bonchev–Trinajstić information content (AvgIpc) is 2.73. The van der Waals surface area contributed by atoms with Gasteiger partial charge in [0, 0.05) is 16.1 Å². The second-order valence-corrected chi connectivity index (χ2v) is 7.15. The van der Waals surface area contributed by atoms with Gasteiger partial charge in [-0.05, 0) is 48.9 Å². The normalized spacial score (nSPS) is 10.4. The molecule has 2 aromatic carbocycles. The summed E-state index contributed by atoms with van der Waals surface area (Å²) in [7, 11) is 1.59. The summed E-state index contributed by atoms with van der Waals surface area (Å²) in [5.41, 5.74) is 1.10. The molecule has 5 nitrogen and oxygen atoms in total. The Bertz CT molecular complexity index is 1050. The van der Waals surface area contributed by atoms with Gasteiger partial charge in [0.1, 0.15) is 16.6 Å². The summed E-state index contributed by atoms with van der Waals surface area (Å²) in [6.45, 7) is 7.42. The van der Waals surface area contributed by atoms with Gasteiger partial charge in [0.15, 0.2) is 0 Å². The summed E-state index contributed by atoms with van der Waals surface area (Å²) < 4.78 is 6.69. The molecule has 1 aromatic heterocycles. The maximum Gasteiger partial charge on any atom is 0.282 e. The first-order chi connectivity index (χ1) is 13.1. The molecule has 0 N–H and O–H groups in total. The Hall–Kier alpha value is -2.69. The highest BCUT2D eigenvalue weighted by molar-refractivity contribution is 7.98. The summed E-state index contributed by atoms with van der Waals surface area (Å²) in [6, 6.07) is 15.0. The molecule has 136 valence electrons. The molecule has 0 aliphatic heterocycles. The van der Waals surface area contributed by atoms with E-state index in [0.29, 0.717) is 22.3 Å². The molecule has 27 heavy (non-hydrogen) atoms. The number of methoxy groups -OCH3 is 1. The van der Waals surface area contributed by atoms with E-state index in [1.807, 2.05) is 36.8 Å². The van der Waals surface area contributed by atoms with Crippen LogP contribution in [0.25, 0.3) is 21.9 Å². The van der Waals surface area contributed by atoms with Crippen LogP contribution in [0.2, 0.25) is 0 Å². The van der Waals surface area contributed by atoms with Crippen molar-refractivity contribution in [3.8, 4) is 22.8 Å². The van der Waals surface area contributed by atoms with Gasteiger partial charge in [-0.1, -0.05) is 12.1 Å². The highest BCUT2D eigenvalue weighted by Crippen LogP contribution is 2.29. The van der Waals surface area contributed by atoms with E-state index >= 15 is 0 Å². The molecule has 0 fully saturated rings. The van der Waals surface area contributed by atoms with Gasteiger partial charge >= 0.3 is 0 Å². The van der Waals surface area contributed by atoms with Crippen LogP contribution in [-0.4, -0.2) is 29.2 Å². The van der Waals surface area contributed by atoms with Crippen molar-refractivity contribution in [2.24, 2.45) is 0 Å². The molecular formula is C20H17N3O2S2. The zero-order valence-corrected chi connectivity index (χ0v) is 16.7. The third-order valence-corrected chi connectivity index (χ3v) is 5.43. The molecule has 3 rings (SSSR count). The van der Waals surface area contributed by atoms with Crippen molar-refractivity contribution in [2.75, 3.05) is 19.6 Å². The third kappa shape index (κ3) is 3.72. The SMILES string of the molecule is [C-]#[N+]c1c(SC)nc(-c2ccc(SC)cc2)n(-c2ccc(OC)cc2)c1=O. The van der Waals surface area contributed by atoms with Gasteiger partial charge in [-0.25, -0.2) is 9.83 Å². The maximum absolute atomic E-state index is 13.1. The van der Waals surface area contributed by atoms with Gasteiger partial charge in [-0.3, -0.25) is 9.36 Å². The molecule has 0 aliphatic carbocycles. The molecule has 0 bridgehead atoms. The van der Waals surface area contributed by atoms with Crippen LogP contribution in [0.5, 0.6) is 5.75 Å². The maximum atomic E-state index is 13.1. The molecule has 0 saturated carbocycles. The molecule has 0 amide bonds. The van der Waals surface area contributed by atoms with Crippen molar-refractivity contribution in [3.05, 3.63) is 70.3 Å². The fourth-order valence-corrected chi connectivity index (χ4v) is 3.55. The Morgan fingerprint density at radius 2 is 1.70 bits per heavy atom. The van der Waals surface area contributed by atoms with E-state index in [1.165, 1.54) is 16.3 Å². The molecule has 0 aliphatic rings. The number of nitrogens with zero attached hydrogens (tertiary/aromatic N) is 3. The molecule has 0 unspecified atom stereocenters. The third-order valence-electron chi connectivity index (χ3n) is 4.01. The number of aromatic nitrogens is 2. The van der Waals surface area contributed by atoms with E-state index in [1.54, 1.807) is 43.1 Å². The molecule has 0 radical (unpaired) electrons. The predicted octanol–water partition coefficient (Wildman–Crippen LogP) is 4.90. The summed E-state index contributed by atoms with van der Waals surface area (Å²) in [4.78, 5) is 22.3. The van der Waals surface area contributed by atoms with Gasteiger partial charge in [0.05, 0.1) is 13.7 Å². The number of thioether (sulfide) groups is 2. The van der Waals surface area contributed by atoms with Crippen LogP contribution >= 0.6 is 23.5 Å². The summed E-state index contributed by atoms with van der Waals surface area (Å²) >= 11 is 2.95. The van der Waals surface area contributed by atoms with Crippen molar-refractivity contribution in [1.82, 2.24) is 9.55 Å². The molecule has 0 spiro atoms. The monoisotopic (exact) mass is 395 g/mol. The number of ether oxygens (including phenoxy) is 1. The minimum absolute atomic E-state index is 0.0304. The number of hydrogen-bond acceptors (Lipinski definition) is 5. The lowest BCUT2D eigenvalue weighted by atomic mass is 10.2. The Labute approximate surface area is 166 Å². The number of hydrogen-bond donors (Lipinski definition) is 0. The Balaban J connectivity index is 2.30. The zero-order chi connectivity index (χ0) is 19.4. The summed E-state index contributed by atoms with van der Waals surface area (Å²) in [5, 5.41) is 0.434. The number of benzene rings is 2. The number of rotatable bonds is 5. The predicted molar refractivity (Wildman–Crippen MR) is 112 cm³/mol. The lowest BCUT2D eigenvalue weighted by Crippen LogP contribution is -2.22. The van der Waals surface area contributed by atoms with Gasteiger partial charge in [-0.15, -0.1) is 23.5 Å². The van der Waals surface area contributed by atoms with Crippen LogP contribution in [-0.2, 0) is 0 Å². The van der Waals surface area contributed by atoms with Crippen LogP contribution in [0.4, 0.5) is 5.69 Å². The van der Waals surface area contributed by atoms with Crippen molar-refractivity contribution in [1.29, 1.82) is 0 Å². The van der Waals surface area contributed by atoms with Gasteiger partial charge in [0.25, 0.3) is 11.2 Å². The van der Waals surface area contributed by atoms with Crippen LogP contribution < -0.4 is 10.3 Å². The van der Waals surface area contributed by atoms with Crippen LogP contribution in [0.15, 0.2) is 63.2 Å². The van der Waals surface area contributed by atoms with Crippen LogP contribution in [0.1, 0.15) is 0 Å². The van der Waals surface area contributed by atoms with Crippen molar-refractivity contribution in [3.63, 3.8) is 0 Å². The van der Waals surface area contributed by atoms with Gasteiger partial charge < -0.3 is 4.74 Å². The van der Waals surface area contributed by atoms with Crippen LogP contribution in [0, 0.1) is 6.57 Å². The average molecular weight is 396 g/mol. The second kappa shape index (κ2) is 8.33. The van der Waals surface area contributed by atoms with Crippen LogP contribution in [0.3, 0.4) is 0 Å². The smallest absolute Gasteiger partial charge is 0.282 e. The topological polar surface area (TPSA) is 48.5 Å². The van der Waals surface area contributed by atoms with E-state index in [9.17, 15) is 4.79 Å². The zero-order valence-electron chi connectivity index (χ0n) is 15.1. The highest BCUT2D eigenvalue weighted by atomic mass is 32.2. The van der Waals surface area contributed by atoms with Crippen molar-refractivity contribution >= 4 is 29.2 Å². The Morgan fingerprint density at radius 3 is 2.22 bits per heavy atom. The summed E-state index contributed by atoms with van der Waals surface area (Å²) in [5.74, 6) is 1.20. The quantitative estimate of drug-likeness (QED) is 0.349. The van der Waals surface area contributed by atoms with Crippen molar-refractivity contribution in [2.45, 2.75) is 9.92 Å². The Kier molecular flexibility index (Phi) is 5.89. The van der Waals surface area contributed by atoms with E-state index in [0.717, 1.165) is 10.5 Å². The van der Waals surface area contributed by atoms with E-state index in [2.05, 4.69) is 9.83 Å². The molecule has 0 saturated heterocycles. The molecule has 0 atom stereocenters. The Morgan fingerprint density at radius 1 is 1.04 bits per heavy atom. The first-order valence-electron chi connectivity index (χ1n) is 8.00. The summed E-state index contributed by atoms with van der Waals surface area (Å²) in [6.07, 6.45) is 3.83. The van der Waals surface area contributed by atoms with E-state index in [-0.39, 0.29) is 11.2 Å². The fourth-order valence-electron chi connectivity index (χ4n) is 2.64.